The third-order valence-corrected chi connectivity index (χ3v) is 10.6. The molecule has 53 heavy (non-hydrogen) atoms. The van der Waals surface area contributed by atoms with E-state index >= 15 is 0 Å². The van der Waals surface area contributed by atoms with Gasteiger partial charge in [-0.25, -0.2) is 0 Å². The van der Waals surface area contributed by atoms with E-state index in [-0.39, 0.29) is 57.6 Å². The highest BCUT2D eigenvalue weighted by Crippen LogP contribution is 2.48. The molecule has 286 valence electrons. The summed E-state index contributed by atoms with van der Waals surface area (Å²) in [6.45, 7) is 17.2. The third-order valence-electron chi connectivity index (χ3n) is 10.6. The van der Waals surface area contributed by atoms with E-state index in [0.717, 1.165) is 6.08 Å². The van der Waals surface area contributed by atoms with E-state index in [9.17, 15) is 29.1 Å². The average molecular weight is 736 g/mol. The molecule has 4 aliphatic heterocycles. The van der Waals surface area contributed by atoms with E-state index in [1.807, 2.05) is 47.6 Å². The molecule has 7 bridgehead atoms. The molecule has 0 unspecified atom stereocenters. The Morgan fingerprint density at radius 3 is 2.21 bits per heavy atom. The Bertz CT molecular complexity index is 1850. The van der Waals surface area contributed by atoms with Crippen LogP contribution in [0.25, 0.3) is 0 Å². The number of esters is 1. The number of Topliss-reactive ketones (excluding diaryl/α,β-unsaturated/α-hetero) is 2. The molecule has 0 aromatic heterocycles. The van der Waals surface area contributed by atoms with Crippen molar-refractivity contribution in [2.45, 2.75) is 105 Å². The highest BCUT2D eigenvalue weighted by Gasteiger charge is 2.52. The summed E-state index contributed by atoms with van der Waals surface area (Å²) in [6.07, 6.45) is 6.77. The van der Waals surface area contributed by atoms with Crippen LogP contribution >= 0.6 is 0 Å². The normalized spacial score (nSPS) is 35.2. The number of fused-ring (bicyclic) bond motifs is 10. The summed E-state index contributed by atoms with van der Waals surface area (Å²) in [6, 6.07) is 0. The van der Waals surface area contributed by atoms with Gasteiger partial charge in [-0.3, -0.25) is 24.0 Å². The van der Waals surface area contributed by atoms with Crippen molar-refractivity contribution in [2.75, 3.05) is 7.11 Å². The van der Waals surface area contributed by atoms with E-state index < -0.39 is 76.3 Å². The van der Waals surface area contributed by atoms with E-state index in [4.69, 9.17) is 28.4 Å². The smallest absolute Gasteiger partial charge is 0.312 e. The minimum Gasteiger partial charge on any atom is -0.507 e. The van der Waals surface area contributed by atoms with Crippen molar-refractivity contribution in [2.24, 2.45) is 23.7 Å². The average Bonchev–Trinajstić information content (AvgIpc) is 3.35. The van der Waals surface area contributed by atoms with Gasteiger partial charge >= 0.3 is 11.8 Å². The maximum absolute atomic E-state index is 14.0. The zero-order chi connectivity index (χ0) is 39.3. The van der Waals surface area contributed by atoms with Crippen LogP contribution in [-0.4, -0.2) is 77.4 Å². The second-order valence-corrected chi connectivity index (χ2v) is 15.0. The zero-order valence-electron chi connectivity index (χ0n) is 32.0. The zero-order valence-corrected chi connectivity index (χ0v) is 32.0. The molecule has 6 rings (SSSR count). The molecule has 0 radical (unpaired) electrons. The lowest BCUT2D eigenvalue weighted by atomic mass is 9.77. The molecule has 0 spiro atoms. The summed E-state index contributed by atoms with van der Waals surface area (Å²) < 4.78 is 36.6. The number of amides is 1. The summed E-state index contributed by atoms with van der Waals surface area (Å²) in [7, 11) is 1.49. The molecule has 1 aromatic rings. The number of nitrogens with one attached hydrogen (secondary N) is 1. The molecular formula is C40H49NO12. The number of carbonyl (C=O) groups excluding carboxylic acids is 5. The van der Waals surface area contributed by atoms with Crippen LogP contribution in [-0.2, 0) is 33.3 Å². The van der Waals surface area contributed by atoms with Gasteiger partial charge in [-0.2, -0.15) is 0 Å². The van der Waals surface area contributed by atoms with Crippen LogP contribution in [0.4, 0.5) is 0 Å². The molecule has 4 heterocycles. The quantitative estimate of drug-likeness (QED) is 0.370. The highest BCUT2D eigenvalue weighted by molar-refractivity contribution is 6.30. The lowest BCUT2D eigenvalue weighted by molar-refractivity contribution is -0.336. The fraction of sp³-hybridized carbons (Fsp3) is 0.525. The summed E-state index contributed by atoms with van der Waals surface area (Å²) in [4.78, 5) is 67.0. The molecule has 1 fully saturated rings. The number of carbonyl (C=O) groups is 5. The van der Waals surface area contributed by atoms with Crippen LogP contribution in [0.1, 0.15) is 99.0 Å². The standard InChI is InChI=1S/C40H49NO12/c1-18-13-12-14-19(2)38(47)41-25-17-26(43)28-29(32(25)45)31(44)21(4)36-30(28)37(46)40(10,53-36)49-16-15-27(48-11)20(3)34(50-24(7)42)23(6)35-22(5)33(18)51-39(8,9)52-35/h12-18,20,22-23,27,33-35,44H,1-11H3,(H,41,47)/b13-12+,16-15+,19-14-/t18-,20+,22+,23-,27-,33-,34+,35+,40-/m0/s1. The van der Waals surface area contributed by atoms with E-state index in [1.165, 1.54) is 34.1 Å². The fourth-order valence-electron chi connectivity index (χ4n) is 7.71. The first-order valence-electron chi connectivity index (χ1n) is 17.7. The number of ether oxygens (including phenoxy) is 6. The maximum Gasteiger partial charge on any atom is 0.312 e. The first-order valence-corrected chi connectivity index (χ1v) is 17.7. The van der Waals surface area contributed by atoms with Crippen LogP contribution in [0.3, 0.4) is 0 Å². The van der Waals surface area contributed by atoms with Crippen LogP contribution < -0.4 is 10.1 Å². The topological polar surface area (TPSA) is 173 Å². The molecule has 1 aromatic carbocycles. The number of rotatable bonds is 2. The number of hydrogen-bond acceptors (Lipinski definition) is 12. The number of methoxy groups -OCH3 is 1. The summed E-state index contributed by atoms with van der Waals surface area (Å²) in [5.74, 6) is -8.33. The molecule has 1 aliphatic carbocycles. The second kappa shape index (κ2) is 14.7. The number of hydrogen-bond donors (Lipinski definition) is 2. The Hall–Kier alpha value is -4.59. The Labute approximate surface area is 309 Å². The highest BCUT2D eigenvalue weighted by atomic mass is 16.7. The minimum atomic E-state index is -2.00. The summed E-state index contributed by atoms with van der Waals surface area (Å²) >= 11 is 0. The minimum absolute atomic E-state index is 0.0356. The van der Waals surface area contributed by atoms with Gasteiger partial charge in [0, 0.05) is 61.8 Å². The van der Waals surface area contributed by atoms with Gasteiger partial charge in [-0.05, 0) is 33.8 Å². The number of aromatic hydroxyl groups is 1. The van der Waals surface area contributed by atoms with Gasteiger partial charge in [-0.15, -0.1) is 0 Å². The molecule has 9 atom stereocenters. The third kappa shape index (κ3) is 7.34. The summed E-state index contributed by atoms with van der Waals surface area (Å²) in [5.41, 5.74) is -1.07. The van der Waals surface area contributed by atoms with E-state index in [2.05, 4.69) is 5.32 Å². The van der Waals surface area contributed by atoms with Crippen molar-refractivity contribution in [3.63, 3.8) is 0 Å². The Morgan fingerprint density at radius 1 is 0.906 bits per heavy atom. The first-order chi connectivity index (χ1) is 24.7. The largest absolute Gasteiger partial charge is 0.507 e. The van der Waals surface area contributed by atoms with Crippen LogP contribution in [0, 0.1) is 30.6 Å². The Kier molecular flexibility index (Phi) is 11.0. The van der Waals surface area contributed by atoms with Crippen LogP contribution in [0.5, 0.6) is 11.5 Å². The van der Waals surface area contributed by atoms with Gasteiger partial charge in [-0.1, -0.05) is 45.9 Å². The molecule has 5 aliphatic rings. The number of ketones is 3. The van der Waals surface area contributed by atoms with Crippen molar-refractivity contribution in [3.8, 4) is 11.5 Å². The van der Waals surface area contributed by atoms with Crippen LogP contribution in [0.2, 0.25) is 0 Å². The van der Waals surface area contributed by atoms with Crippen LogP contribution in [0.15, 0.2) is 47.9 Å². The van der Waals surface area contributed by atoms with E-state index in [0.29, 0.717) is 0 Å². The molecule has 13 nitrogen and oxygen atoms in total. The fourth-order valence-corrected chi connectivity index (χ4v) is 7.71. The van der Waals surface area contributed by atoms with Gasteiger partial charge in [0.15, 0.2) is 11.6 Å². The van der Waals surface area contributed by atoms with Gasteiger partial charge in [0.25, 0.3) is 11.7 Å². The molecular weight excluding hydrogens is 686 g/mol. The first kappa shape index (κ1) is 39.6. The lowest BCUT2D eigenvalue weighted by Gasteiger charge is -2.50. The van der Waals surface area contributed by atoms with Crippen molar-refractivity contribution in [1.82, 2.24) is 5.32 Å². The van der Waals surface area contributed by atoms with Gasteiger partial charge < -0.3 is 38.8 Å². The molecule has 2 N–H and O–H groups in total. The Balaban J connectivity index is 1.62. The lowest BCUT2D eigenvalue weighted by Crippen LogP contribution is -2.56. The molecule has 1 saturated heterocycles. The van der Waals surface area contributed by atoms with Crippen molar-refractivity contribution in [1.29, 1.82) is 0 Å². The van der Waals surface area contributed by atoms with E-state index in [1.54, 1.807) is 25.2 Å². The number of allylic oxidation sites excluding steroid dienone is 4. The number of benzene rings is 1. The SMILES string of the molecule is CO[C@H]1/C=C/O[C@@]2(C)Oc3c(C)c(O)c4c(c3C2=O)C(=O)C=C(NC(=O)/C(C)=C\C=C\[C@H](C)[C@@H]2OC(C)(C)O[C@@H]([C@@H](C)[C@H](OC(C)=O)[C@@H]1C)[C@@H]2C)C4=O. The Morgan fingerprint density at radius 2 is 1.57 bits per heavy atom. The predicted molar refractivity (Wildman–Crippen MR) is 191 cm³/mol. The predicted octanol–water partition coefficient (Wildman–Crippen LogP) is 5.43. The van der Waals surface area contributed by atoms with Crippen molar-refractivity contribution in [3.05, 3.63) is 70.2 Å². The van der Waals surface area contributed by atoms with Gasteiger partial charge in [0.05, 0.1) is 47.0 Å². The molecule has 0 saturated carbocycles. The van der Waals surface area contributed by atoms with Gasteiger partial charge in [0.1, 0.15) is 17.6 Å². The van der Waals surface area contributed by atoms with Crippen molar-refractivity contribution >= 4 is 29.2 Å². The maximum atomic E-state index is 14.0. The van der Waals surface area contributed by atoms with Crippen molar-refractivity contribution < 1.29 is 57.5 Å². The van der Waals surface area contributed by atoms with Gasteiger partial charge in [0.2, 0.25) is 5.78 Å². The number of phenolic OH excluding ortho intramolecular Hbond substituents is 1. The number of phenols is 1. The molecule has 1 amide bonds. The summed E-state index contributed by atoms with van der Waals surface area (Å²) in [5, 5.41) is 13.7. The second-order valence-electron chi connectivity index (χ2n) is 15.0. The monoisotopic (exact) mass is 735 g/mol. The molecule has 13 heteroatoms.